The van der Waals surface area contributed by atoms with Crippen LogP contribution in [0.5, 0.6) is 0 Å². The Morgan fingerprint density at radius 1 is 1.47 bits per heavy atom. The second-order valence-corrected chi connectivity index (χ2v) is 4.10. The van der Waals surface area contributed by atoms with E-state index in [1.807, 2.05) is 19.1 Å². The Morgan fingerprint density at radius 2 is 2.20 bits per heavy atom. The van der Waals surface area contributed by atoms with E-state index in [1.165, 1.54) is 0 Å². The van der Waals surface area contributed by atoms with Gasteiger partial charge in [0.05, 0.1) is 6.26 Å². The van der Waals surface area contributed by atoms with Gasteiger partial charge in [-0.2, -0.15) is 0 Å². The number of nitrogens with zero attached hydrogens (tertiary/aromatic N) is 1. The lowest BCUT2D eigenvalue weighted by Crippen LogP contribution is -2.17. The van der Waals surface area contributed by atoms with Crippen molar-refractivity contribution in [3.05, 3.63) is 29.9 Å². The van der Waals surface area contributed by atoms with Gasteiger partial charge in [0.25, 0.3) is 0 Å². The Labute approximate surface area is 88.0 Å². The van der Waals surface area contributed by atoms with Crippen LogP contribution >= 0.6 is 0 Å². The summed E-state index contributed by atoms with van der Waals surface area (Å²) in [4.78, 5) is 7.38. The number of hydrogen-bond donors (Lipinski definition) is 2. The molecule has 0 saturated heterocycles. The predicted octanol–water partition coefficient (Wildman–Crippen LogP) is 2.21. The lowest BCUT2D eigenvalue weighted by Gasteiger charge is -2.12. The molecule has 0 aliphatic rings. The molecule has 4 heteroatoms. The fourth-order valence-electron chi connectivity index (χ4n) is 1.40. The lowest BCUT2D eigenvalue weighted by atomic mass is 10.1. The van der Waals surface area contributed by atoms with Gasteiger partial charge in [-0.25, -0.2) is 4.98 Å². The van der Waals surface area contributed by atoms with Gasteiger partial charge in [0.2, 0.25) is 0 Å². The smallest absolute Gasteiger partial charge is 0.154 e. The van der Waals surface area contributed by atoms with E-state index in [1.54, 1.807) is 20.1 Å². The summed E-state index contributed by atoms with van der Waals surface area (Å²) in [5, 5.41) is 9.80. The first kappa shape index (κ1) is 9.98. The Morgan fingerprint density at radius 3 is 2.67 bits per heavy atom. The summed E-state index contributed by atoms with van der Waals surface area (Å²) in [6.07, 6.45) is 1.60. The number of aromatic nitrogens is 2. The number of aromatic amines is 1. The first-order chi connectivity index (χ1) is 6.98. The Kier molecular flexibility index (Phi) is 2.16. The molecule has 0 saturated carbocycles. The highest BCUT2D eigenvalue weighted by atomic mass is 16.3. The molecule has 0 aliphatic carbocycles. The summed E-state index contributed by atoms with van der Waals surface area (Å²) in [5.41, 5.74) is 0.675. The number of hydrogen-bond acceptors (Lipinski definition) is 3. The van der Waals surface area contributed by atoms with Gasteiger partial charge < -0.3 is 14.5 Å². The van der Waals surface area contributed by atoms with Crippen molar-refractivity contribution in [2.24, 2.45) is 0 Å². The number of nitrogens with one attached hydrogen (secondary N) is 1. The van der Waals surface area contributed by atoms with Gasteiger partial charge in [0, 0.05) is 5.69 Å². The highest BCUT2D eigenvalue weighted by Crippen LogP contribution is 2.25. The van der Waals surface area contributed by atoms with Crippen molar-refractivity contribution in [1.29, 1.82) is 0 Å². The summed E-state index contributed by atoms with van der Waals surface area (Å²) in [6.45, 7) is 5.29. The van der Waals surface area contributed by atoms with Crippen LogP contribution in [-0.4, -0.2) is 15.1 Å². The van der Waals surface area contributed by atoms with E-state index in [9.17, 15) is 5.11 Å². The molecular formula is C11H14N2O2. The fourth-order valence-corrected chi connectivity index (χ4v) is 1.40. The van der Waals surface area contributed by atoms with Gasteiger partial charge >= 0.3 is 0 Å². The first-order valence-electron chi connectivity index (χ1n) is 4.82. The average molecular weight is 206 g/mol. The molecule has 0 fully saturated rings. The zero-order chi connectivity index (χ0) is 11.1. The summed E-state index contributed by atoms with van der Waals surface area (Å²) in [5.74, 6) is 1.26. The molecular weight excluding hydrogens is 192 g/mol. The van der Waals surface area contributed by atoms with Crippen molar-refractivity contribution in [2.75, 3.05) is 0 Å². The molecule has 0 amide bonds. The molecule has 2 rings (SSSR count). The van der Waals surface area contributed by atoms with Crippen LogP contribution in [0.2, 0.25) is 0 Å². The van der Waals surface area contributed by atoms with Crippen molar-refractivity contribution >= 4 is 0 Å². The molecule has 80 valence electrons. The zero-order valence-electron chi connectivity index (χ0n) is 9.03. The van der Waals surface area contributed by atoms with Crippen LogP contribution < -0.4 is 0 Å². The minimum absolute atomic E-state index is 0.548. The number of H-pyrrole nitrogens is 1. The van der Waals surface area contributed by atoms with Crippen LogP contribution in [0.4, 0.5) is 0 Å². The third-order valence-electron chi connectivity index (χ3n) is 2.22. The predicted molar refractivity (Wildman–Crippen MR) is 56.3 cm³/mol. The van der Waals surface area contributed by atoms with Crippen LogP contribution in [0.25, 0.3) is 11.5 Å². The summed E-state index contributed by atoms with van der Waals surface area (Å²) in [7, 11) is 0. The summed E-state index contributed by atoms with van der Waals surface area (Å²) in [6, 6.07) is 3.66. The van der Waals surface area contributed by atoms with E-state index in [2.05, 4.69) is 9.97 Å². The monoisotopic (exact) mass is 206 g/mol. The lowest BCUT2D eigenvalue weighted by molar-refractivity contribution is 0.0696. The van der Waals surface area contributed by atoms with E-state index < -0.39 is 5.60 Å². The highest BCUT2D eigenvalue weighted by molar-refractivity contribution is 5.55. The molecule has 15 heavy (non-hydrogen) atoms. The third-order valence-corrected chi connectivity index (χ3v) is 2.22. The molecule has 0 aliphatic heterocycles. The fraction of sp³-hybridized carbons (Fsp3) is 0.364. The number of furan rings is 1. The molecule has 0 bridgehead atoms. The Balaban J connectivity index is 2.47. The van der Waals surface area contributed by atoms with Crippen LogP contribution in [0.3, 0.4) is 0 Å². The maximum Gasteiger partial charge on any atom is 0.154 e. The van der Waals surface area contributed by atoms with Gasteiger partial charge in [-0.15, -0.1) is 0 Å². The molecule has 0 spiro atoms. The van der Waals surface area contributed by atoms with E-state index >= 15 is 0 Å². The summed E-state index contributed by atoms with van der Waals surface area (Å²) < 4.78 is 5.26. The Bertz CT molecular complexity index is 449. The third kappa shape index (κ3) is 1.80. The maximum absolute atomic E-state index is 9.80. The van der Waals surface area contributed by atoms with Crippen molar-refractivity contribution < 1.29 is 9.52 Å². The molecule has 2 aromatic heterocycles. The molecule has 4 nitrogen and oxygen atoms in total. The summed E-state index contributed by atoms with van der Waals surface area (Å²) >= 11 is 0. The van der Waals surface area contributed by atoms with Crippen LogP contribution in [0.15, 0.2) is 22.8 Å². The standard InChI is InChI=1S/C11H14N2O2/c1-7-9(8-5-4-6-15-8)13-10(12-7)11(2,3)14/h4-6,14H,1-3H3,(H,12,13). The van der Waals surface area contributed by atoms with E-state index in [0.717, 1.165) is 11.4 Å². The van der Waals surface area contributed by atoms with E-state index in [-0.39, 0.29) is 0 Å². The van der Waals surface area contributed by atoms with Gasteiger partial charge in [0.15, 0.2) is 5.76 Å². The van der Waals surface area contributed by atoms with Gasteiger partial charge in [-0.05, 0) is 32.9 Å². The van der Waals surface area contributed by atoms with Gasteiger partial charge in [-0.1, -0.05) is 0 Å². The van der Waals surface area contributed by atoms with Crippen LogP contribution in [0.1, 0.15) is 25.4 Å². The quantitative estimate of drug-likeness (QED) is 0.791. The topological polar surface area (TPSA) is 62.0 Å². The van der Waals surface area contributed by atoms with Gasteiger partial charge in [-0.3, -0.25) is 0 Å². The van der Waals surface area contributed by atoms with Crippen LogP contribution in [-0.2, 0) is 5.60 Å². The molecule has 0 aromatic carbocycles. The molecule has 2 N–H and O–H groups in total. The zero-order valence-corrected chi connectivity index (χ0v) is 9.03. The highest BCUT2D eigenvalue weighted by Gasteiger charge is 2.22. The Hall–Kier alpha value is -1.55. The molecule has 2 aromatic rings. The number of imidazole rings is 1. The van der Waals surface area contributed by atoms with Crippen molar-refractivity contribution in [2.45, 2.75) is 26.4 Å². The second kappa shape index (κ2) is 3.24. The normalized spacial score (nSPS) is 12.0. The SMILES string of the molecule is Cc1[nH]c(C(C)(C)O)nc1-c1ccco1. The molecule has 0 unspecified atom stereocenters. The number of aryl methyl sites for hydroxylation is 1. The van der Waals surface area contributed by atoms with Crippen molar-refractivity contribution in [3.63, 3.8) is 0 Å². The average Bonchev–Trinajstić information content (AvgIpc) is 2.69. The van der Waals surface area contributed by atoms with Gasteiger partial charge in [0.1, 0.15) is 17.1 Å². The van der Waals surface area contributed by atoms with E-state index in [0.29, 0.717) is 11.6 Å². The van der Waals surface area contributed by atoms with Crippen LogP contribution in [0, 0.1) is 6.92 Å². The number of rotatable bonds is 2. The number of aliphatic hydroxyl groups is 1. The molecule has 0 radical (unpaired) electrons. The van der Waals surface area contributed by atoms with Crippen molar-refractivity contribution in [3.8, 4) is 11.5 Å². The maximum atomic E-state index is 9.80. The largest absolute Gasteiger partial charge is 0.463 e. The minimum atomic E-state index is -0.963. The molecule has 0 atom stereocenters. The minimum Gasteiger partial charge on any atom is -0.463 e. The second-order valence-electron chi connectivity index (χ2n) is 4.10. The first-order valence-corrected chi connectivity index (χ1v) is 4.82. The van der Waals surface area contributed by atoms with E-state index in [4.69, 9.17) is 4.42 Å². The van der Waals surface area contributed by atoms with Crippen molar-refractivity contribution in [1.82, 2.24) is 9.97 Å². The molecule has 2 heterocycles.